The SMILES string of the molecule is CCc1ccc(C(=O)NC[C@H]2OC[C@@H](n3ccc(=O)[nH]c3=O)[C@@H]3OC(C)(C)O[C@@H]32)cc1. The highest BCUT2D eigenvalue weighted by Gasteiger charge is 2.52. The first-order chi connectivity index (χ1) is 14.8. The fourth-order valence-corrected chi connectivity index (χ4v) is 4.10. The number of hydrogen-bond acceptors (Lipinski definition) is 6. The van der Waals surface area contributed by atoms with Crippen LogP contribution in [-0.4, -0.2) is 52.7 Å². The van der Waals surface area contributed by atoms with Crippen molar-refractivity contribution in [3.8, 4) is 0 Å². The number of H-pyrrole nitrogens is 1. The van der Waals surface area contributed by atoms with Crippen molar-refractivity contribution in [1.82, 2.24) is 14.9 Å². The third-order valence-corrected chi connectivity index (χ3v) is 5.69. The van der Waals surface area contributed by atoms with Gasteiger partial charge < -0.3 is 19.5 Å². The van der Waals surface area contributed by atoms with Gasteiger partial charge >= 0.3 is 5.69 Å². The molecule has 1 amide bonds. The molecule has 0 saturated carbocycles. The van der Waals surface area contributed by atoms with E-state index in [9.17, 15) is 14.4 Å². The molecule has 9 heteroatoms. The number of ether oxygens (including phenoxy) is 3. The number of aryl methyl sites for hydroxylation is 1. The van der Waals surface area contributed by atoms with E-state index in [0.29, 0.717) is 5.56 Å². The maximum Gasteiger partial charge on any atom is 0.328 e. The fraction of sp³-hybridized carbons (Fsp3) is 0.500. The van der Waals surface area contributed by atoms with Gasteiger partial charge in [-0.3, -0.25) is 19.1 Å². The van der Waals surface area contributed by atoms with E-state index in [1.807, 2.05) is 12.1 Å². The number of carbonyl (C=O) groups is 1. The fourth-order valence-electron chi connectivity index (χ4n) is 4.10. The number of fused-ring (bicyclic) bond motifs is 1. The Morgan fingerprint density at radius 1 is 1.16 bits per heavy atom. The molecule has 0 spiro atoms. The lowest BCUT2D eigenvalue weighted by Gasteiger charge is -2.37. The Balaban J connectivity index is 1.48. The molecular weight excluding hydrogens is 402 g/mol. The summed E-state index contributed by atoms with van der Waals surface area (Å²) in [5.74, 6) is -1.06. The van der Waals surface area contributed by atoms with Crippen molar-refractivity contribution in [3.63, 3.8) is 0 Å². The highest BCUT2D eigenvalue weighted by Crippen LogP contribution is 2.39. The van der Waals surface area contributed by atoms with Gasteiger partial charge in [0.25, 0.3) is 11.5 Å². The number of nitrogens with one attached hydrogen (secondary N) is 2. The average Bonchev–Trinajstić information content (AvgIpc) is 3.07. The number of amides is 1. The van der Waals surface area contributed by atoms with E-state index in [1.165, 1.54) is 16.8 Å². The van der Waals surface area contributed by atoms with E-state index in [1.54, 1.807) is 26.0 Å². The number of carbonyl (C=O) groups excluding carboxylic acids is 1. The number of aromatic nitrogens is 2. The van der Waals surface area contributed by atoms with Crippen LogP contribution in [0.3, 0.4) is 0 Å². The minimum Gasteiger partial charge on any atom is -0.371 e. The van der Waals surface area contributed by atoms with Crippen LogP contribution in [0.4, 0.5) is 0 Å². The standard InChI is InChI=1S/C22H27N3O6/c1-4-13-5-7-14(8-6-13)20(27)23-11-16-19-18(30-22(2,3)31-19)15(12-29-16)25-10-9-17(26)24-21(25)28/h5-10,15-16,18-19H,4,11-12H2,1-3H3,(H,23,27)(H,24,26,28)/t15-,16-,18+,19-/m1/s1. The first kappa shape index (κ1) is 21.5. The van der Waals surface area contributed by atoms with E-state index in [0.717, 1.165) is 12.0 Å². The quantitative estimate of drug-likeness (QED) is 0.733. The molecule has 2 aromatic rings. The van der Waals surface area contributed by atoms with Gasteiger partial charge in [-0.1, -0.05) is 19.1 Å². The van der Waals surface area contributed by atoms with E-state index in [-0.39, 0.29) is 19.1 Å². The Labute approximate surface area is 179 Å². The van der Waals surface area contributed by atoms with E-state index >= 15 is 0 Å². The normalized spacial score (nSPS) is 26.9. The number of aromatic amines is 1. The van der Waals surface area contributed by atoms with Crippen LogP contribution in [0.1, 0.15) is 42.7 Å². The molecule has 9 nitrogen and oxygen atoms in total. The minimum atomic E-state index is -0.870. The first-order valence-electron chi connectivity index (χ1n) is 10.4. The summed E-state index contributed by atoms with van der Waals surface area (Å²) in [5.41, 5.74) is 0.741. The van der Waals surface area contributed by atoms with Crippen LogP contribution in [0.2, 0.25) is 0 Å². The van der Waals surface area contributed by atoms with Crippen LogP contribution in [0.15, 0.2) is 46.1 Å². The number of rotatable bonds is 5. The number of hydrogen-bond donors (Lipinski definition) is 2. The lowest BCUT2D eigenvalue weighted by Crippen LogP contribution is -2.54. The molecule has 2 fully saturated rings. The Morgan fingerprint density at radius 2 is 1.87 bits per heavy atom. The molecule has 4 atom stereocenters. The molecule has 2 aliphatic heterocycles. The van der Waals surface area contributed by atoms with Gasteiger partial charge in [0.15, 0.2) is 5.79 Å². The zero-order chi connectivity index (χ0) is 22.2. The molecule has 31 heavy (non-hydrogen) atoms. The van der Waals surface area contributed by atoms with E-state index < -0.39 is 41.4 Å². The summed E-state index contributed by atoms with van der Waals surface area (Å²) in [4.78, 5) is 38.5. The van der Waals surface area contributed by atoms with E-state index in [2.05, 4.69) is 17.2 Å². The summed E-state index contributed by atoms with van der Waals surface area (Å²) in [6.07, 6.45) is 0.935. The molecule has 2 saturated heterocycles. The van der Waals surface area contributed by atoms with E-state index in [4.69, 9.17) is 14.2 Å². The second kappa shape index (κ2) is 8.41. The van der Waals surface area contributed by atoms with Crippen molar-refractivity contribution >= 4 is 5.91 Å². The largest absolute Gasteiger partial charge is 0.371 e. The molecule has 1 aromatic heterocycles. The van der Waals surface area contributed by atoms with Gasteiger partial charge in [-0.05, 0) is 38.0 Å². The third-order valence-electron chi connectivity index (χ3n) is 5.69. The Hall–Kier alpha value is -2.75. The molecule has 0 bridgehead atoms. The second-order valence-corrected chi connectivity index (χ2v) is 8.28. The van der Waals surface area contributed by atoms with Gasteiger partial charge in [0.2, 0.25) is 0 Å². The van der Waals surface area contributed by atoms with Gasteiger partial charge in [-0.2, -0.15) is 0 Å². The molecule has 3 heterocycles. The molecule has 0 aliphatic carbocycles. The molecule has 166 valence electrons. The molecule has 2 aliphatic rings. The molecule has 4 rings (SSSR count). The predicted octanol–water partition coefficient (Wildman–Crippen LogP) is 0.989. The number of nitrogens with zero attached hydrogens (tertiary/aromatic N) is 1. The number of benzene rings is 1. The van der Waals surface area contributed by atoms with Crippen molar-refractivity contribution in [2.75, 3.05) is 13.2 Å². The van der Waals surface area contributed by atoms with Crippen molar-refractivity contribution in [2.24, 2.45) is 0 Å². The van der Waals surface area contributed by atoms with Crippen LogP contribution in [0, 0.1) is 0 Å². The third kappa shape index (κ3) is 4.48. The lowest BCUT2D eigenvalue weighted by atomic mass is 9.97. The first-order valence-corrected chi connectivity index (χ1v) is 10.4. The lowest BCUT2D eigenvalue weighted by molar-refractivity contribution is -0.153. The topological polar surface area (TPSA) is 112 Å². The van der Waals surface area contributed by atoms with Crippen molar-refractivity contribution < 1.29 is 19.0 Å². The zero-order valence-electron chi connectivity index (χ0n) is 17.8. The van der Waals surface area contributed by atoms with Crippen LogP contribution in [0.5, 0.6) is 0 Å². The highest BCUT2D eigenvalue weighted by molar-refractivity contribution is 5.94. The Bertz CT molecular complexity index is 1060. The van der Waals surface area contributed by atoms with Crippen LogP contribution in [0.25, 0.3) is 0 Å². The predicted molar refractivity (Wildman–Crippen MR) is 112 cm³/mol. The summed E-state index contributed by atoms with van der Waals surface area (Å²) in [7, 11) is 0. The Kier molecular flexibility index (Phi) is 5.83. The zero-order valence-corrected chi connectivity index (χ0v) is 17.8. The van der Waals surface area contributed by atoms with Crippen LogP contribution in [-0.2, 0) is 20.6 Å². The van der Waals surface area contributed by atoms with Gasteiger partial charge in [0.05, 0.1) is 12.6 Å². The maximum atomic E-state index is 12.6. The molecule has 0 unspecified atom stereocenters. The summed E-state index contributed by atoms with van der Waals surface area (Å²) >= 11 is 0. The van der Waals surface area contributed by atoms with Crippen LogP contribution >= 0.6 is 0 Å². The van der Waals surface area contributed by atoms with Crippen molar-refractivity contribution in [2.45, 2.75) is 57.3 Å². The smallest absolute Gasteiger partial charge is 0.328 e. The molecule has 2 N–H and O–H groups in total. The molecule has 1 aromatic carbocycles. The van der Waals surface area contributed by atoms with Gasteiger partial charge in [-0.15, -0.1) is 0 Å². The molecular formula is C22H27N3O6. The van der Waals surface area contributed by atoms with Crippen molar-refractivity contribution in [1.29, 1.82) is 0 Å². The van der Waals surface area contributed by atoms with Gasteiger partial charge in [0, 0.05) is 24.4 Å². The summed E-state index contributed by atoms with van der Waals surface area (Å²) in [6, 6.07) is 8.29. The minimum absolute atomic E-state index is 0.179. The van der Waals surface area contributed by atoms with Gasteiger partial charge in [-0.25, -0.2) is 4.79 Å². The summed E-state index contributed by atoms with van der Waals surface area (Å²) < 4.78 is 19.5. The average molecular weight is 429 g/mol. The van der Waals surface area contributed by atoms with Gasteiger partial charge in [0.1, 0.15) is 18.3 Å². The van der Waals surface area contributed by atoms with Crippen molar-refractivity contribution in [3.05, 3.63) is 68.5 Å². The highest BCUT2D eigenvalue weighted by atomic mass is 16.8. The second-order valence-electron chi connectivity index (χ2n) is 8.28. The summed E-state index contributed by atoms with van der Waals surface area (Å²) in [5, 5.41) is 2.90. The summed E-state index contributed by atoms with van der Waals surface area (Å²) in [6.45, 7) is 6.07. The Morgan fingerprint density at radius 3 is 2.55 bits per heavy atom. The monoisotopic (exact) mass is 429 g/mol. The maximum absolute atomic E-state index is 12.6. The van der Waals surface area contributed by atoms with Crippen LogP contribution < -0.4 is 16.6 Å². The molecule has 0 radical (unpaired) electrons.